The molecule has 96 valence electrons. The minimum absolute atomic E-state index is 0.898. The molecule has 2 rings (SSSR count). The first kappa shape index (κ1) is 13.5. The molecular formula is C12H19BrN2OS. The lowest BCUT2D eigenvalue weighted by Crippen LogP contribution is -2.37. The summed E-state index contributed by atoms with van der Waals surface area (Å²) in [5, 5.41) is 5.61. The minimum atomic E-state index is 0.898. The topological polar surface area (TPSA) is 24.5 Å². The third kappa shape index (κ3) is 4.67. The van der Waals surface area contributed by atoms with E-state index in [1.807, 2.05) is 0 Å². The molecule has 3 nitrogen and oxygen atoms in total. The van der Waals surface area contributed by atoms with E-state index in [0.29, 0.717) is 0 Å². The summed E-state index contributed by atoms with van der Waals surface area (Å²) < 4.78 is 6.55. The highest BCUT2D eigenvalue weighted by atomic mass is 79.9. The predicted molar refractivity (Wildman–Crippen MR) is 75.6 cm³/mol. The average Bonchev–Trinajstić information content (AvgIpc) is 2.76. The van der Waals surface area contributed by atoms with E-state index in [-0.39, 0.29) is 0 Å². The maximum absolute atomic E-state index is 5.33. The van der Waals surface area contributed by atoms with Crippen molar-refractivity contribution in [3.63, 3.8) is 0 Å². The molecule has 0 amide bonds. The van der Waals surface area contributed by atoms with Crippen LogP contribution >= 0.6 is 27.3 Å². The fourth-order valence-corrected chi connectivity index (χ4v) is 3.37. The first-order chi connectivity index (χ1) is 8.36. The van der Waals surface area contributed by atoms with Crippen LogP contribution in [0.4, 0.5) is 0 Å². The molecule has 0 saturated carbocycles. The van der Waals surface area contributed by atoms with Crippen LogP contribution in [0.15, 0.2) is 15.9 Å². The molecule has 0 radical (unpaired) electrons. The molecular weight excluding hydrogens is 300 g/mol. The van der Waals surface area contributed by atoms with Gasteiger partial charge in [-0.1, -0.05) is 0 Å². The molecule has 0 aliphatic carbocycles. The zero-order chi connectivity index (χ0) is 11.9. The van der Waals surface area contributed by atoms with Crippen LogP contribution in [0.5, 0.6) is 0 Å². The molecule has 1 N–H and O–H groups in total. The van der Waals surface area contributed by atoms with Crippen LogP contribution in [-0.4, -0.2) is 44.3 Å². The summed E-state index contributed by atoms with van der Waals surface area (Å²) >= 11 is 5.35. The second-order valence-electron chi connectivity index (χ2n) is 4.18. The minimum Gasteiger partial charge on any atom is -0.379 e. The van der Waals surface area contributed by atoms with Crippen LogP contribution in [0.2, 0.25) is 0 Å². The molecule has 17 heavy (non-hydrogen) atoms. The molecule has 1 aromatic rings. The second kappa shape index (κ2) is 7.48. The average molecular weight is 319 g/mol. The molecule has 1 fully saturated rings. The van der Waals surface area contributed by atoms with Crippen molar-refractivity contribution < 1.29 is 4.74 Å². The van der Waals surface area contributed by atoms with Gasteiger partial charge in [0.15, 0.2) is 0 Å². The Labute approximate surface area is 115 Å². The Hall–Kier alpha value is 0.0600. The molecule has 1 saturated heterocycles. The number of hydrogen-bond acceptors (Lipinski definition) is 4. The summed E-state index contributed by atoms with van der Waals surface area (Å²) in [6, 6.07) is 2.11. The van der Waals surface area contributed by atoms with Gasteiger partial charge in [0.05, 0.1) is 13.2 Å². The lowest BCUT2D eigenvalue weighted by molar-refractivity contribution is 0.0374. The Kier molecular flexibility index (Phi) is 5.94. The van der Waals surface area contributed by atoms with Gasteiger partial charge >= 0.3 is 0 Å². The van der Waals surface area contributed by atoms with Crippen molar-refractivity contribution in [1.29, 1.82) is 0 Å². The Morgan fingerprint density at radius 1 is 1.41 bits per heavy atom. The lowest BCUT2D eigenvalue weighted by atomic mass is 10.3. The van der Waals surface area contributed by atoms with E-state index in [9.17, 15) is 0 Å². The quantitative estimate of drug-likeness (QED) is 0.815. The smallest absolute Gasteiger partial charge is 0.0594 e. The molecule has 0 atom stereocenters. The molecule has 5 heteroatoms. The van der Waals surface area contributed by atoms with E-state index in [1.165, 1.54) is 22.3 Å². The molecule has 2 heterocycles. The van der Waals surface area contributed by atoms with Crippen molar-refractivity contribution in [2.75, 3.05) is 39.4 Å². The van der Waals surface area contributed by atoms with Crippen molar-refractivity contribution in [3.05, 3.63) is 20.8 Å². The Morgan fingerprint density at radius 3 is 2.94 bits per heavy atom. The van der Waals surface area contributed by atoms with Crippen molar-refractivity contribution in [3.8, 4) is 0 Å². The number of hydrogen-bond donors (Lipinski definition) is 1. The highest BCUT2D eigenvalue weighted by Crippen LogP contribution is 2.21. The molecule has 0 spiro atoms. The number of halogens is 1. The SMILES string of the molecule is Brc1ccsc1CNCCCN1CCOCC1. The number of morpholine rings is 1. The van der Waals surface area contributed by atoms with Gasteiger partial charge in [-0.15, -0.1) is 11.3 Å². The molecule has 0 bridgehead atoms. The van der Waals surface area contributed by atoms with Gasteiger partial charge in [-0.05, 0) is 46.9 Å². The van der Waals surface area contributed by atoms with Crippen LogP contribution in [0, 0.1) is 0 Å². The summed E-state index contributed by atoms with van der Waals surface area (Å²) in [5.41, 5.74) is 0. The van der Waals surface area contributed by atoms with E-state index in [2.05, 4.69) is 37.6 Å². The lowest BCUT2D eigenvalue weighted by Gasteiger charge is -2.26. The zero-order valence-corrected chi connectivity index (χ0v) is 12.4. The van der Waals surface area contributed by atoms with Crippen molar-refractivity contribution in [2.24, 2.45) is 0 Å². The first-order valence-corrected chi connectivity index (χ1v) is 7.76. The van der Waals surface area contributed by atoms with Crippen molar-refractivity contribution in [2.45, 2.75) is 13.0 Å². The first-order valence-electron chi connectivity index (χ1n) is 6.09. The maximum atomic E-state index is 5.33. The number of nitrogens with zero attached hydrogens (tertiary/aromatic N) is 1. The molecule has 1 aliphatic heterocycles. The summed E-state index contributed by atoms with van der Waals surface area (Å²) in [5.74, 6) is 0. The standard InChI is InChI=1S/C12H19BrN2OS/c13-11-2-9-17-12(11)10-14-3-1-4-15-5-7-16-8-6-15/h2,9,14H,1,3-8,10H2. The van der Waals surface area contributed by atoms with E-state index in [1.54, 1.807) is 11.3 Å². The summed E-state index contributed by atoms with van der Waals surface area (Å²) in [6.45, 7) is 7.23. The van der Waals surface area contributed by atoms with Crippen LogP contribution in [0.25, 0.3) is 0 Å². The Bertz CT molecular complexity index is 326. The number of nitrogens with one attached hydrogen (secondary N) is 1. The number of thiophene rings is 1. The highest BCUT2D eigenvalue weighted by molar-refractivity contribution is 9.10. The predicted octanol–water partition coefficient (Wildman–Crippen LogP) is 2.32. The van der Waals surface area contributed by atoms with E-state index in [4.69, 9.17) is 4.74 Å². The second-order valence-corrected chi connectivity index (χ2v) is 6.03. The van der Waals surface area contributed by atoms with Crippen LogP contribution in [0.3, 0.4) is 0 Å². The summed E-state index contributed by atoms with van der Waals surface area (Å²) in [7, 11) is 0. The van der Waals surface area contributed by atoms with Gasteiger partial charge in [0.25, 0.3) is 0 Å². The molecule has 1 aromatic heterocycles. The van der Waals surface area contributed by atoms with Gasteiger partial charge in [0, 0.05) is 29.0 Å². The van der Waals surface area contributed by atoms with Crippen LogP contribution in [0.1, 0.15) is 11.3 Å². The monoisotopic (exact) mass is 318 g/mol. The van der Waals surface area contributed by atoms with E-state index >= 15 is 0 Å². The van der Waals surface area contributed by atoms with Gasteiger partial charge in [-0.25, -0.2) is 0 Å². The van der Waals surface area contributed by atoms with Gasteiger partial charge < -0.3 is 10.1 Å². The molecule has 1 aliphatic rings. The highest BCUT2D eigenvalue weighted by Gasteiger charge is 2.08. The van der Waals surface area contributed by atoms with Crippen molar-refractivity contribution in [1.82, 2.24) is 10.2 Å². The van der Waals surface area contributed by atoms with Gasteiger partial charge in [-0.2, -0.15) is 0 Å². The van der Waals surface area contributed by atoms with Crippen molar-refractivity contribution >= 4 is 27.3 Å². The Balaban J connectivity index is 1.53. The largest absolute Gasteiger partial charge is 0.379 e. The van der Waals surface area contributed by atoms with E-state index < -0.39 is 0 Å². The summed E-state index contributed by atoms with van der Waals surface area (Å²) in [4.78, 5) is 3.86. The van der Waals surface area contributed by atoms with Gasteiger partial charge in [0.2, 0.25) is 0 Å². The fourth-order valence-electron chi connectivity index (χ4n) is 1.91. The number of rotatable bonds is 6. The third-order valence-corrected chi connectivity index (χ3v) is 4.83. The van der Waals surface area contributed by atoms with Gasteiger partial charge in [0.1, 0.15) is 0 Å². The summed E-state index contributed by atoms with van der Waals surface area (Å²) in [6.07, 6.45) is 1.21. The zero-order valence-electron chi connectivity index (χ0n) is 9.95. The Morgan fingerprint density at radius 2 is 2.24 bits per heavy atom. The number of ether oxygens (including phenoxy) is 1. The van der Waals surface area contributed by atoms with Crippen LogP contribution < -0.4 is 5.32 Å². The van der Waals surface area contributed by atoms with Crippen LogP contribution in [-0.2, 0) is 11.3 Å². The fraction of sp³-hybridized carbons (Fsp3) is 0.667. The maximum Gasteiger partial charge on any atom is 0.0594 e. The van der Waals surface area contributed by atoms with E-state index in [0.717, 1.165) is 39.4 Å². The third-order valence-electron chi connectivity index (χ3n) is 2.91. The van der Waals surface area contributed by atoms with Gasteiger partial charge in [-0.3, -0.25) is 4.90 Å². The molecule has 0 unspecified atom stereocenters. The normalized spacial score (nSPS) is 17.5. The molecule has 0 aromatic carbocycles.